The average Bonchev–Trinajstić information content (AvgIpc) is 2.66. The van der Waals surface area contributed by atoms with E-state index >= 15 is 0 Å². The summed E-state index contributed by atoms with van der Waals surface area (Å²) in [5, 5.41) is 3.66. The van der Waals surface area contributed by atoms with Crippen molar-refractivity contribution >= 4 is 31.9 Å². The number of nitrogens with one attached hydrogen (secondary N) is 1. The van der Waals surface area contributed by atoms with E-state index < -0.39 is 0 Å². The topological polar surface area (TPSA) is 21.3 Å². The lowest BCUT2D eigenvalue weighted by molar-refractivity contribution is 0.362. The summed E-state index contributed by atoms with van der Waals surface area (Å²) >= 11 is 7.08. The van der Waals surface area contributed by atoms with Crippen molar-refractivity contribution in [3.8, 4) is 5.75 Å². The third-order valence-electron chi connectivity index (χ3n) is 3.84. The van der Waals surface area contributed by atoms with Gasteiger partial charge in [0.2, 0.25) is 0 Å². The van der Waals surface area contributed by atoms with Crippen molar-refractivity contribution in [1.29, 1.82) is 0 Å². The van der Waals surface area contributed by atoms with Gasteiger partial charge in [0.25, 0.3) is 0 Å². The van der Waals surface area contributed by atoms with E-state index in [1.807, 2.05) is 6.07 Å². The molecule has 1 saturated carbocycles. The van der Waals surface area contributed by atoms with Crippen LogP contribution in [0.4, 0.5) is 0 Å². The third kappa shape index (κ3) is 3.96. The van der Waals surface area contributed by atoms with E-state index in [0.717, 1.165) is 21.2 Å². The van der Waals surface area contributed by atoms with Gasteiger partial charge in [0.05, 0.1) is 11.6 Å². The van der Waals surface area contributed by atoms with Crippen LogP contribution in [0.3, 0.4) is 0 Å². The fraction of sp³-hybridized carbons (Fsp3) is 0.600. The van der Waals surface area contributed by atoms with Gasteiger partial charge in [-0.3, -0.25) is 0 Å². The molecule has 0 amide bonds. The zero-order valence-corrected chi connectivity index (χ0v) is 14.9. The van der Waals surface area contributed by atoms with Gasteiger partial charge in [-0.25, -0.2) is 0 Å². The molecule has 1 aromatic carbocycles. The fourth-order valence-corrected chi connectivity index (χ4v) is 4.31. The highest BCUT2D eigenvalue weighted by Crippen LogP contribution is 2.37. The number of rotatable bonds is 4. The molecule has 2 rings (SSSR count). The first-order valence-electron chi connectivity index (χ1n) is 6.66. The molecule has 1 aliphatic rings. The molecule has 0 bridgehead atoms. The minimum absolute atomic E-state index is 0.486. The van der Waals surface area contributed by atoms with Gasteiger partial charge in [-0.1, -0.05) is 29.8 Å². The number of benzene rings is 1. The quantitative estimate of drug-likeness (QED) is 0.790. The van der Waals surface area contributed by atoms with Gasteiger partial charge in [0, 0.05) is 22.6 Å². The SMILES string of the molecule is COc1c(Br)cc(Br)cc1CNC1CCC(C)(C)C1. The molecule has 4 heteroatoms. The van der Waals surface area contributed by atoms with Crippen molar-refractivity contribution in [3.05, 3.63) is 26.6 Å². The third-order valence-corrected chi connectivity index (χ3v) is 4.89. The van der Waals surface area contributed by atoms with E-state index in [1.165, 1.54) is 24.8 Å². The van der Waals surface area contributed by atoms with E-state index in [9.17, 15) is 0 Å². The molecule has 2 nitrogen and oxygen atoms in total. The van der Waals surface area contributed by atoms with E-state index in [4.69, 9.17) is 4.74 Å². The monoisotopic (exact) mass is 389 g/mol. The van der Waals surface area contributed by atoms with Crippen LogP contribution < -0.4 is 10.1 Å². The fourth-order valence-electron chi connectivity index (χ4n) is 2.84. The van der Waals surface area contributed by atoms with Crippen molar-refractivity contribution in [2.45, 2.75) is 45.7 Å². The van der Waals surface area contributed by atoms with Crippen LogP contribution in [0.15, 0.2) is 21.1 Å². The summed E-state index contributed by atoms with van der Waals surface area (Å²) in [4.78, 5) is 0. The van der Waals surface area contributed by atoms with Crippen molar-refractivity contribution in [1.82, 2.24) is 5.32 Å². The van der Waals surface area contributed by atoms with Crippen LogP contribution in [0.1, 0.15) is 38.7 Å². The molecule has 19 heavy (non-hydrogen) atoms. The molecule has 1 aliphatic carbocycles. The molecule has 1 atom stereocenters. The minimum atomic E-state index is 0.486. The molecule has 0 radical (unpaired) electrons. The maximum absolute atomic E-state index is 5.48. The van der Waals surface area contributed by atoms with E-state index in [2.05, 4.69) is 57.1 Å². The predicted molar refractivity (Wildman–Crippen MR) is 86.7 cm³/mol. The van der Waals surface area contributed by atoms with Gasteiger partial charge in [-0.05, 0) is 52.7 Å². The second-order valence-electron chi connectivity index (χ2n) is 6.06. The molecule has 1 N–H and O–H groups in total. The highest BCUT2D eigenvalue weighted by molar-refractivity contribution is 9.11. The van der Waals surface area contributed by atoms with Crippen molar-refractivity contribution in [2.75, 3.05) is 7.11 Å². The maximum atomic E-state index is 5.48. The Balaban J connectivity index is 2.04. The number of halogens is 2. The Bertz CT molecular complexity index is 460. The summed E-state index contributed by atoms with van der Waals surface area (Å²) in [5.41, 5.74) is 1.67. The summed E-state index contributed by atoms with van der Waals surface area (Å²) in [7, 11) is 1.72. The van der Waals surface area contributed by atoms with Crippen LogP contribution in [-0.4, -0.2) is 13.2 Å². The van der Waals surface area contributed by atoms with E-state index in [-0.39, 0.29) is 0 Å². The van der Waals surface area contributed by atoms with Crippen molar-refractivity contribution in [2.24, 2.45) is 5.41 Å². The number of hydrogen-bond acceptors (Lipinski definition) is 2. The van der Waals surface area contributed by atoms with E-state index in [0.29, 0.717) is 11.5 Å². The molecular formula is C15H21Br2NO. The van der Waals surface area contributed by atoms with Crippen LogP contribution in [0.5, 0.6) is 5.75 Å². The first-order chi connectivity index (χ1) is 8.91. The lowest BCUT2D eigenvalue weighted by Crippen LogP contribution is -2.27. The Labute approximate surface area is 132 Å². The normalized spacial score (nSPS) is 21.6. The summed E-state index contributed by atoms with van der Waals surface area (Å²) in [6.45, 7) is 5.55. The Hall–Kier alpha value is -0.0600. The predicted octanol–water partition coefficient (Wildman–Crippen LogP) is 4.89. The first-order valence-corrected chi connectivity index (χ1v) is 8.25. The Morgan fingerprint density at radius 3 is 2.68 bits per heavy atom. The standard InChI is InChI=1S/C15H21Br2NO/c1-15(2)5-4-12(8-15)18-9-10-6-11(16)7-13(17)14(10)19-3/h6-7,12,18H,4-5,8-9H2,1-3H3. The zero-order chi connectivity index (χ0) is 14.0. The Morgan fingerprint density at radius 2 is 2.11 bits per heavy atom. The molecule has 0 saturated heterocycles. The molecule has 106 valence electrons. The lowest BCUT2D eigenvalue weighted by Gasteiger charge is -2.19. The molecule has 0 aromatic heterocycles. The first kappa shape index (κ1) is 15.3. The highest BCUT2D eigenvalue weighted by atomic mass is 79.9. The zero-order valence-electron chi connectivity index (χ0n) is 11.7. The molecule has 0 aliphatic heterocycles. The highest BCUT2D eigenvalue weighted by Gasteiger charge is 2.30. The number of methoxy groups -OCH3 is 1. The Kier molecular flexibility index (Phi) is 4.96. The second kappa shape index (κ2) is 6.15. The van der Waals surface area contributed by atoms with Crippen LogP contribution >= 0.6 is 31.9 Å². The lowest BCUT2D eigenvalue weighted by atomic mass is 9.92. The molecule has 1 unspecified atom stereocenters. The number of hydrogen-bond donors (Lipinski definition) is 1. The van der Waals surface area contributed by atoms with Gasteiger partial charge in [0.1, 0.15) is 5.75 Å². The van der Waals surface area contributed by atoms with Gasteiger partial charge in [-0.15, -0.1) is 0 Å². The summed E-state index contributed by atoms with van der Waals surface area (Å²) in [6, 6.07) is 4.76. The molecule has 0 spiro atoms. The van der Waals surface area contributed by atoms with Crippen LogP contribution in [-0.2, 0) is 6.54 Å². The maximum Gasteiger partial charge on any atom is 0.137 e. The van der Waals surface area contributed by atoms with Gasteiger partial charge in [0.15, 0.2) is 0 Å². The summed E-state index contributed by atoms with van der Waals surface area (Å²) in [5.74, 6) is 0.924. The number of ether oxygens (including phenoxy) is 1. The minimum Gasteiger partial charge on any atom is -0.495 e. The van der Waals surface area contributed by atoms with Gasteiger partial charge < -0.3 is 10.1 Å². The molecule has 1 aromatic rings. The molecular weight excluding hydrogens is 370 g/mol. The summed E-state index contributed by atoms with van der Waals surface area (Å²) < 4.78 is 7.55. The molecule has 1 fully saturated rings. The van der Waals surface area contributed by atoms with Crippen molar-refractivity contribution in [3.63, 3.8) is 0 Å². The second-order valence-corrected chi connectivity index (χ2v) is 7.83. The molecule has 0 heterocycles. The Morgan fingerprint density at radius 1 is 1.37 bits per heavy atom. The van der Waals surface area contributed by atoms with Crippen LogP contribution in [0, 0.1) is 5.41 Å². The van der Waals surface area contributed by atoms with Gasteiger partial charge in [-0.2, -0.15) is 0 Å². The largest absolute Gasteiger partial charge is 0.495 e. The summed E-state index contributed by atoms with van der Waals surface area (Å²) in [6.07, 6.45) is 3.83. The van der Waals surface area contributed by atoms with Crippen molar-refractivity contribution < 1.29 is 4.74 Å². The average molecular weight is 391 g/mol. The van der Waals surface area contributed by atoms with Gasteiger partial charge >= 0.3 is 0 Å². The van der Waals surface area contributed by atoms with Crippen LogP contribution in [0.2, 0.25) is 0 Å². The van der Waals surface area contributed by atoms with E-state index in [1.54, 1.807) is 7.11 Å². The van der Waals surface area contributed by atoms with Crippen LogP contribution in [0.25, 0.3) is 0 Å². The smallest absolute Gasteiger partial charge is 0.137 e.